The first kappa shape index (κ1) is 30.0. The van der Waals surface area contributed by atoms with Crippen molar-refractivity contribution in [2.24, 2.45) is 5.16 Å². The van der Waals surface area contributed by atoms with Crippen molar-refractivity contribution in [1.29, 1.82) is 0 Å². The molecule has 3 heteroatoms. The van der Waals surface area contributed by atoms with Gasteiger partial charge in [-0.2, -0.15) is 0 Å². The third-order valence-corrected chi connectivity index (χ3v) is 27.2. The summed E-state index contributed by atoms with van der Waals surface area (Å²) in [4.78, 5) is 8.42. The number of benzene rings is 21. The SMILES string of the molecule is COc1ccc2cc3ccccc3c(C3=NOC45c6c7c8c9c%10c%11c(c%12c%13c4c4c6c6c%14c7c7c8c8c%10c%10c%15c%11c%11c%12c%12c%13c%13c4c4c6c6c%14c%14c7c7c8c%10c8c%10c%15c%11c%11c%12c%12c%13c4c4c6c6c%14c7c8c7c%10c%11c%12c4c67)C395)c2c1. The summed E-state index contributed by atoms with van der Waals surface area (Å²) in [7, 11) is 1.83. The number of nitrogens with zero attached hydrogens (tertiary/aromatic N) is 1. The molecule has 0 bridgehead atoms. The lowest BCUT2D eigenvalue weighted by atomic mass is 9.52. The zero-order valence-corrected chi connectivity index (χ0v) is 40.4. The zero-order valence-electron chi connectivity index (χ0n) is 40.4. The van der Waals surface area contributed by atoms with Crippen LogP contribution in [0.25, 0.3) is 312 Å². The van der Waals surface area contributed by atoms with Crippen molar-refractivity contribution in [1.82, 2.24) is 0 Å². The Morgan fingerprint density at radius 2 is 0.570 bits per heavy atom. The summed E-state index contributed by atoms with van der Waals surface area (Å²) in [6.07, 6.45) is 0. The van der Waals surface area contributed by atoms with Gasteiger partial charge in [0, 0.05) is 16.7 Å². The molecule has 0 aromatic heterocycles. The fraction of sp³-hybridized carbons (Fsp3) is 0.0395. The monoisotopic (exact) mass is 969 g/mol. The largest absolute Gasteiger partial charge is 0.497 e. The number of hydrogen-bond acceptors (Lipinski definition) is 3. The average molecular weight is 970 g/mol. The Kier molecular flexibility index (Phi) is 2.67. The van der Waals surface area contributed by atoms with E-state index in [0.29, 0.717) is 0 Å². The molecule has 0 radical (unpaired) electrons. The Hall–Kier alpha value is -10.1. The predicted octanol–water partition coefficient (Wildman–Crippen LogP) is 20.0. The molecule has 2 spiro atoms. The molecule has 1 aliphatic heterocycles. The summed E-state index contributed by atoms with van der Waals surface area (Å²) >= 11 is 0. The fourth-order valence-electron chi connectivity index (χ4n) is 26.6. The summed E-state index contributed by atoms with van der Waals surface area (Å²) in [5.41, 5.74) is 6.55. The van der Waals surface area contributed by atoms with E-state index >= 15 is 0 Å². The van der Waals surface area contributed by atoms with Crippen LogP contribution in [0.1, 0.15) is 27.8 Å². The highest BCUT2D eigenvalue weighted by Gasteiger charge is 2.76. The van der Waals surface area contributed by atoms with Gasteiger partial charge in [0.25, 0.3) is 0 Å². The molecule has 0 amide bonds. The molecule has 36 rings (SSSR count). The van der Waals surface area contributed by atoms with Gasteiger partial charge in [-0.3, -0.25) is 0 Å². The van der Waals surface area contributed by atoms with Crippen molar-refractivity contribution in [3.63, 3.8) is 0 Å². The van der Waals surface area contributed by atoms with Gasteiger partial charge in [-0.1, -0.05) is 35.5 Å². The van der Waals surface area contributed by atoms with Crippen molar-refractivity contribution in [2.75, 3.05) is 7.11 Å². The van der Waals surface area contributed by atoms with E-state index in [-0.39, 0.29) is 0 Å². The van der Waals surface area contributed by atoms with Crippen molar-refractivity contribution in [3.05, 3.63) is 76.3 Å². The maximum Gasteiger partial charge on any atom is 0.209 e. The second kappa shape index (κ2) is 7.03. The Labute approximate surface area is 430 Å². The van der Waals surface area contributed by atoms with E-state index in [1.165, 1.54) is 70.9 Å². The number of rotatable bonds is 2. The van der Waals surface area contributed by atoms with Crippen LogP contribution in [-0.2, 0) is 15.9 Å². The van der Waals surface area contributed by atoms with E-state index in [9.17, 15) is 0 Å². The number of ether oxygens (including phenoxy) is 1. The van der Waals surface area contributed by atoms with Crippen LogP contribution in [0.15, 0.2) is 53.7 Å². The maximum atomic E-state index is 8.42. The minimum Gasteiger partial charge on any atom is -0.497 e. The predicted molar refractivity (Wildman–Crippen MR) is 330 cm³/mol. The number of oxime groups is 1. The highest BCUT2D eigenvalue weighted by atomic mass is 16.7. The molecule has 1 heterocycles. The molecule has 79 heavy (non-hydrogen) atoms. The van der Waals surface area contributed by atoms with Gasteiger partial charge >= 0.3 is 0 Å². The second-order valence-corrected chi connectivity index (χ2v) is 27.8. The maximum absolute atomic E-state index is 8.42. The van der Waals surface area contributed by atoms with Crippen LogP contribution in [0.2, 0.25) is 0 Å². The van der Waals surface area contributed by atoms with E-state index in [1.54, 1.807) is 269 Å². The van der Waals surface area contributed by atoms with Crippen LogP contribution >= 0.6 is 0 Å². The molecule has 0 saturated heterocycles. The summed E-state index contributed by atoms with van der Waals surface area (Å²) in [5, 5.41) is 96.6. The lowest BCUT2D eigenvalue weighted by Gasteiger charge is -2.47. The number of fused-ring (bicyclic) bond motifs is 2. The first-order valence-electron chi connectivity index (χ1n) is 28.9. The molecule has 0 saturated carbocycles. The molecule has 0 unspecified atom stereocenters. The minimum absolute atomic E-state index is 0.807. The normalized spacial score (nSPS) is 21.3. The van der Waals surface area contributed by atoms with Crippen molar-refractivity contribution < 1.29 is 9.57 Å². The Bertz CT molecular complexity index is 8100. The molecular weight excluding hydrogens is 959 g/mol. The first-order chi connectivity index (χ1) is 39.3. The third-order valence-electron chi connectivity index (χ3n) is 27.2. The topological polar surface area (TPSA) is 30.8 Å². The van der Waals surface area contributed by atoms with Crippen LogP contribution in [0, 0.1) is 0 Å². The smallest absolute Gasteiger partial charge is 0.209 e. The number of methoxy groups -OCH3 is 1. The lowest BCUT2D eigenvalue weighted by Crippen LogP contribution is -2.54. The summed E-state index contributed by atoms with van der Waals surface area (Å²) in [6.45, 7) is 0. The van der Waals surface area contributed by atoms with Crippen LogP contribution in [0.5, 0.6) is 5.75 Å². The second-order valence-electron chi connectivity index (χ2n) is 27.8. The highest BCUT2D eigenvalue weighted by Crippen LogP contribution is 2.85. The highest BCUT2D eigenvalue weighted by molar-refractivity contribution is 6.82. The van der Waals surface area contributed by atoms with Crippen molar-refractivity contribution in [2.45, 2.75) is 11.0 Å². The molecule has 3 nitrogen and oxygen atoms in total. The van der Waals surface area contributed by atoms with Gasteiger partial charge < -0.3 is 9.57 Å². The van der Waals surface area contributed by atoms with Gasteiger partial charge in [-0.15, -0.1) is 0 Å². The van der Waals surface area contributed by atoms with Gasteiger partial charge in [-0.05, 0) is 342 Å². The molecule has 0 atom stereocenters. The summed E-state index contributed by atoms with van der Waals surface area (Å²) in [6, 6.07) is 18.4. The summed E-state index contributed by atoms with van der Waals surface area (Å²) < 4.78 is 6.22. The molecule has 0 N–H and O–H groups in total. The molecule has 332 valence electrons. The molecule has 0 fully saturated rings. The number of hydrogen-bond donors (Lipinski definition) is 0. The van der Waals surface area contributed by atoms with E-state index in [1.807, 2.05) is 7.11 Å². The first-order valence-corrected chi connectivity index (χ1v) is 28.9. The quantitative estimate of drug-likeness (QED) is 0.128. The van der Waals surface area contributed by atoms with Crippen LogP contribution in [-0.4, -0.2) is 12.8 Å². The third kappa shape index (κ3) is 1.70. The van der Waals surface area contributed by atoms with E-state index in [2.05, 4.69) is 48.5 Å². The van der Waals surface area contributed by atoms with Crippen LogP contribution in [0.3, 0.4) is 0 Å². The van der Waals surface area contributed by atoms with Crippen molar-refractivity contribution >= 4 is 318 Å². The lowest BCUT2D eigenvalue weighted by molar-refractivity contribution is -0.0122. The standard InChI is InChI=1S/C76H11NO2/c1-78-12-7-6-11-8-10-4-2-3-5-13(10)15(14(11)9-12)74-75-70-62-54-44-34-26-18-16-17-20-24-22(18)30-38-32(24)42-36-28(20)29-21(17)25-23-19(16)27(26)35-41-31(23)39-33(25)43-37(29)47-46(36)58-52(42)60-50(38)56(48(54)40(30)34)64(70)66(60)72-68(58)69-59(47)53(43)61-51(39)57-49(41)55(45(35)44)63(62)71(75)65(57)67(61)73(69)76(72,75)79-77-74/h2-9H,1H3. The van der Waals surface area contributed by atoms with Crippen LogP contribution < -0.4 is 4.74 Å². The van der Waals surface area contributed by atoms with E-state index in [0.717, 1.165) is 11.5 Å². The summed E-state index contributed by atoms with van der Waals surface area (Å²) in [5.74, 6) is 0.872. The zero-order chi connectivity index (χ0) is 47.3. The van der Waals surface area contributed by atoms with E-state index in [4.69, 9.17) is 14.7 Å². The Morgan fingerprint density at radius 1 is 0.291 bits per heavy atom. The molecule has 31 aromatic rings. The molecular formula is C76H11NO2. The molecule has 5 aliphatic rings. The minimum atomic E-state index is -0.949. The molecule has 31 aromatic carbocycles. The van der Waals surface area contributed by atoms with Crippen LogP contribution in [0.4, 0.5) is 0 Å². The van der Waals surface area contributed by atoms with Gasteiger partial charge in [0.05, 0.1) is 7.11 Å². The van der Waals surface area contributed by atoms with Gasteiger partial charge in [0.1, 0.15) is 16.9 Å². The van der Waals surface area contributed by atoms with E-state index < -0.39 is 11.0 Å². The Balaban J connectivity index is 1.06. The average Bonchev–Trinajstić information content (AvgIpc) is 1.50. The van der Waals surface area contributed by atoms with Crippen molar-refractivity contribution in [3.8, 4) is 5.75 Å². The van der Waals surface area contributed by atoms with Gasteiger partial charge in [-0.25, -0.2) is 0 Å². The fourth-order valence-corrected chi connectivity index (χ4v) is 26.6. The molecule has 4 aliphatic carbocycles. The van der Waals surface area contributed by atoms with Gasteiger partial charge in [0.2, 0.25) is 5.60 Å². The van der Waals surface area contributed by atoms with Gasteiger partial charge in [0.15, 0.2) is 0 Å². The Morgan fingerprint density at radius 3 is 0.886 bits per heavy atom.